The van der Waals surface area contributed by atoms with Crippen molar-refractivity contribution in [2.75, 3.05) is 18.1 Å². The number of fused-ring (bicyclic) bond motifs is 1. The predicted molar refractivity (Wildman–Crippen MR) is 65.7 cm³/mol. The van der Waals surface area contributed by atoms with Gasteiger partial charge < -0.3 is 9.64 Å². The lowest BCUT2D eigenvalue weighted by molar-refractivity contribution is -0.385. The van der Waals surface area contributed by atoms with Crippen LogP contribution >= 0.6 is 0 Å². The van der Waals surface area contributed by atoms with Crippen molar-refractivity contribution in [3.8, 4) is 0 Å². The van der Waals surface area contributed by atoms with Gasteiger partial charge in [0.1, 0.15) is 18.1 Å². The van der Waals surface area contributed by atoms with E-state index in [0.717, 1.165) is 19.4 Å². The van der Waals surface area contributed by atoms with E-state index >= 15 is 0 Å². The molecule has 19 heavy (non-hydrogen) atoms. The largest absolute Gasteiger partial charge is 0.464 e. The molecule has 0 radical (unpaired) electrons. The summed E-state index contributed by atoms with van der Waals surface area (Å²) in [6, 6.07) is 2.70. The number of rotatable bonds is 2. The van der Waals surface area contributed by atoms with E-state index in [4.69, 9.17) is 4.74 Å². The minimum absolute atomic E-state index is 0.0503. The van der Waals surface area contributed by atoms with E-state index in [-0.39, 0.29) is 17.7 Å². The number of carbonyl (C=O) groups is 1. The molecule has 7 nitrogen and oxygen atoms in total. The molecule has 2 aliphatic heterocycles. The number of anilines is 1. The Kier molecular flexibility index (Phi) is 2.81. The molecule has 100 valence electrons. The van der Waals surface area contributed by atoms with Gasteiger partial charge in [0, 0.05) is 12.6 Å². The van der Waals surface area contributed by atoms with Crippen molar-refractivity contribution >= 4 is 17.5 Å². The standard InChI is InChI=1S/C12H13N3O4/c16-12-11-8(4-6-19-12)3-5-14(11)10-2-1-9(7-13-10)15(17)18/h1-2,7-8,11H,3-6H2/t8-,11+/m0/s1. The first-order valence-corrected chi connectivity index (χ1v) is 6.20. The summed E-state index contributed by atoms with van der Waals surface area (Å²) in [6.07, 6.45) is 3.02. The normalized spacial score (nSPS) is 25.9. The van der Waals surface area contributed by atoms with E-state index in [1.54, 1.807) is 6.07 Å². The molecule has 2 fully saturated rings. The minimum atomic E-state index is -0.488. The third kappa shape index (κ3) is 2.00. The van der Waals surface area contributed by atoms with E-state index in [0.29, 0.717) is 18.3 Å². The lowest BCUT2D eigenvalue weighted by Crippen LogP contribution is -2.44. The molecule has 0 aromatic carbocycles. The number of esters is 1. The molecule has 0 aliphatic carbocycles. The van der Waals surface area contributed by atoms with Crippen LogP contribution in [-0.2, 0) is 9.53 Å². The first-order chi connectivity index (χ1) is 9.16. The Labute approximate surface area is 109 Å². The van der Waals surface area contributed by atoms with E-state index in [2.05, 4.69) is 4.98 Å². The molecule has 0 bridgehead atoms. The number of nitrogens with zero attached hydrogens (tertiary/aromatic N) is 3. The summed E-state index contributed by atoms with van der Waals surface area (Å²) >= 11 is 0. The first-order valence-electron chi connectivity index (χ1n) is 6.20. The monoisotopic (exact) mass is 263 g/mol. The second-order valence-corrected chi connectivity index (χ2v) is 4.77. The zero-order chi connectivity index (χ0) is 13.4. The molecule has 2 saturated heterocycles. The molecule has 2 atom stereocenters. The quantitative estimate of drug-likeness (QED) is 0.451. The fourth-order valence-corrected chi connectivity index (χ4v) is 2.79. The van der Waals surface area contributed by atoms with Gasteiger partial charge in [-0.15, -0.1) is 0 Å². The number of cyclic esters (lactones) is 1. The number of hydrogen-bond acceptors (Lipinski definition) is 6. The van der Waals surface area contributed by atoms with Crippen molar-refractivity contribution in [3.05, 3.63) is 28.4 Å². The van der Waals surface area contributed by atoms with Gasteiger partial charge in [0.25, 0.3) is 5.69 Å². The van der Waals surface area contributed by atoms with Crippen LogP contribution in [0.4, 0.5) is 11.5 Å². The van der Waals surface area contributed by atoms with Crippen molar-refractivity contribution in [1.29, 1.82) is 0 Å². The average Bonchev–Trinajstić information content (AvgIpc) is 2.84. The highest BCUT2D eigenvalue weighted by Gasteiger charge is 2.43. The van der Waals surface area contributed by atoms with Gasteiger partial charge >= 0.3 is 5.97 Å². The van der Waals surface area contributed by atoms with Crippen LogP contribution in [0.3, 0.4) is 0 Å². The lowest BCUT2D eigenvalue weighted by Gasteiger charge is -2.30. The highest BCUT2D eigenvalue weighted by Crippen LogP contribution is 2.34. The van der Waals surface area contributed by atoms with Crippen LogP contribution in [0.2, 0.25) is 0 Å². The van der Waals surface area contributed by atoms with Gasteiger partial charge in [0.05, 0.1) is 11.5 Å². The molecule has 3 rings (SSSR count). The Morgan fingerprint density at radius 1 is 1.42 bits per heavy atom. The van der Waals surface area contributed by atoms with E-state index in [9.17, 15) is 14.9 Å². The maximum absolute atomic E-state index is 11.8. The van der Waals surface area contributed by atoms with E-state index < -0.39 is 4.92 Å². The predicted octanol–water partition coefficient (Wildman–Crippen LogP) is 1.13. The number of carbonyl (C=O) groups excluding carboxylic acids is 1. The Bertz CT molecular complexity index is 516. The summed E-state index contributed by atoms with van der Waals surface area (Å²) in [4.78, 5) is 27.9. The Hall–Kier alpha value is -2.18. The van der Waals surface area contributed by atoms with Gasteiger partial charge in [0.2, 0.25) is 0 Å². The number of hydrogen-bond donors (Lipinski definition) is 0. The van der Waals surface area contributed by atoms with Crippen LogP contribution < -0.4 is 4.90 Å². The zero-order valence-electron chi connectivity index (χ0n) is 10.2. The molecule has 0 N–H and O–H groups in total. The average molecular weight is 263 g/mol. The summed E-state index contributed by atoms with van der Waals surface area (Å²) in [5.41, 5.74) is -0.0503. The summed E-state index contributed by atoms with van der Waals surface area (Å²) in [6.45, 7) is 1.22. The van der Waals surface area contributed by atoms with Crippen molar-refractivity contribution < 1.29 is 14.5 Å². The molecule has 0 unspecified atom stereocenters. The molecule has 0 amide bonds. The summed E-state index contributed by atoms with van der Waals surface area (Å²) in [5.74, 6) is 0.684. The fraction of sp³-hybridized carbons (Fsp3) is 0.500. The van der Waals surface area contributed by atoms with Crippen molar-refractivity contribution in [3.63, 3.8) is 0 Å². The molecule has 1 aromatic heterocycles. The van der Waals surface area contributed by atoms with Crippen molar-refractivity contribution in [2.24, 2.45) is 5.92 Å². The number of ether oxygens (including phenoxy) is 1. The molecular weight excluding hydrogens is 250 g/mol. The molecule has 0 saturated carbocycles. The van der Waals surface area contributed by atoms with Crippen molar-refractivity contribution in [1.82, 2.24) is 4.98 Å². The molecular formula is C12H13N3O4. The van der Waals surface area contributed by atoms with Crippen LogP contribution in [0.25, 0.3) is 0 Å². The highest BCUT2D eigenvalue weighted by atomic mass is 16.6. The fourth-order valence-electron chi connectivity index (χ4n) is 2.79. The molecule has 7 heteroatoms. The minimum Gasteiger partial charge on any atom is -0.464 e. The van der Waals surface area contributed by atoms with Crippen LogP contribution in [0.5, 0.6) is 0 Å². The van der Waals surface area contributed by atoms with Crippen LogP contribution in [0.15, 0.2) is 18.3 Å². The Morgan fingerprint density at radius 2 is 2.26 bits per heavy atom. The van der Waals surface area contributed by atoms with Gasteiger partial charge in [-0.1, -0.05) is 0 Å². The molecule has 0 spiro atoms. The third-order valence-corrected chi connectivity index (χ3v) is 3.73. The maximum Gasteiger partial charge on any atom is 0.329 e. The van der Waals surface area contributed by atoms with Gasteiger partial charge in [-0.25, -0.2) is 9.78 Å². The first kappa shape index (κ1) is 11.9. The smallest absolute Gasteiger partial charge is 0.329 e. The number of pyridine rings is 1. The van der Waals surface area contributed by atoms with Gasteiger partial charge in [-0.05, 0) is 24.8 Å². The molecule has 1 aromatic rings. The SMILES string of the molecule is O=C1OCC[C@@H]2CCN(c3ccc([N+](=O)[O-])cn3)[C@@H]12. The van der Waals surface area contributed by atoms with E-state index in [1.165, 1.54) is 12.3 Å². The highest BCUT2D eigenvalue weighted by molar-refractivity contribution is 5.81. The van der Waals surface area contributed by atoms with Gasteiger partial charge in [-0.2, -0.15) is 0 Å². The Balaban J connectivity index is 1.85. The van der Waals surface area contributed by atoms with Crippen LogP contribution in [-0.4, -0.2) is 35.1 Å². The summed E-state index contributed by atoms with van der Waals surface area (Å²) < 4.78 is 5.09. The number of nitro groups is 1. The van der Waals surface area contributed by atoms with Crippen LogP contribution in [0, 0.1) is 16.0 Å². The van der Waals surface area contributed by atoms with Crippen LogP contribution in [0.1, 0.15) is 12.8 Å². The Morgan fingerprint density at radius 3 is 2.95 bits per heavy atom. The summed E-state index contributed by atoms with van der Waals surface area (Å²) in [7, 11) is 0. The van der Waals surface area contributed by atoms with Gasteiger partial charge in [0.15, 0.2) is 0 Å². The van der Waals surface area contributed by atoms with Gasteiger partial charge in [-0.3, -0.25) is 10.1 Å². The van der Waals surface area contributed by atoms with E-state index in [1.807, 2.05) is 4.90 Å². The molecule has 3 heterocycles. The zero-order valence-corrected chi connectivity index (χ0v) is 10.2. The second-order valence-electron chi connectivity index (χ2n) is 4.77. The number of aromatic nitrogens is 1. The molecule has 2 aliphatic rings. The second kappa shape index (κ2) is 4.49. The summed E-state index contributed by atoms with van der Waals surface area (Å²) in [5, 5.41) is 10.6. The topological polar surface area (TPSA) is 85.6 Å². The van der Waals surface area contributed by atoms with Crippen molar-refractivity contribution in [2.45, 2.75) is 18.9 Å². The third-order valence-electron chi connectivity index (χ3n) is 3.73. The maximum atomic E-state index is 11.8. The lowest BCUT2D eigenvalue weighted by atomic mass is 9.95.